The van der Waals surface area contributed by atoms with E-state index in [0.717, 1.165) is 45.8 Å². The lowest BCUT2D eigenvalue weighted by Gasteiger charge is -2.41. The van der Waals surface area contributed by atoms with Crippen molar-refractivity contribution in [3.05, 3.63) is 22.4 Å². The molecular formula is C16H26N2O2S. The molecule has 2 saturated heterocycles. The number of ether oxygens (including phenoxy) is 2. The van der Waals surface area contributed by atoms with Gasteiger partial charge in [0, 0.05) is 58.9 Å². The molecule has 5 heteroatoms. The molecule has 0 saturated carbocycles. The first-order valence-electron chi connectivity index (χ1n) is 7.81. The van der Waals surface area contributed by atoms with Crippen molar-refractivity contribution in [2.24, 2.45) is 5.92 Å². The number of hydrogen-bond acceptors (Lipinski definition) is 5. The van der Waals surface area contributed by atoms with E-state index in [1.165, 1.54) is 5.56 Å². The number of thiophene rings is 1. The first-order valence-corrected chi connectivity index (χ1v) is 8.75. The lowest BCUT2D eigenvalue weighted by molar-refractivity contribution is -0.0245. The van der Waals surface area contributed by atoms with E-state index >= 15 is 0 Å². The van der Waals surface area contributed by atoms with E-state index in [1.807, 2.05) is 7.11 Å². The first kappa shape index (κ1) is 15.4. The summed E-state index contributed by atoms with van der Waals surface area (Å²) in [6, 6.07) is 2.88. The van der Waals surface area contributed by atoms with Gasteiger partial charge in [-0.15, -0.1) is 0 Å². The predicted molar refractivity (Wildman–Crippen MR) is 85.7 cm³/mol. The van der Waals surface area contributed by atoms with Gasteiger partial charge in [-0.3, -0.25) is 9.80 Å². The molecule has 0 unspecified atom stereocenters. The van der Waals surface area contributed by atoms with Gasteiger partial charge in [0.05, 0.1) is 12.7 Å². The van der Waals surface area contributed by atoms with Crippen LogP contribution in [-0.2, 0) is 16.0 Å². The minimum atomic E-state index is 0.418. The van der Waals surface area contributed by atoms with Crippen LogP contribution in [0.5, 0.6) is 0 Å². The van der Waals surface area contributed by atoms with Gasteiger partial charge >= 0.3 is 0 Å². The normalized spacial score (nSPS) is 30.7. The number of likely N-dealkylation sites (tertiary alicyclic amines) is 2. The fourth-order valence-electron chi connectivity index (χ4n) is 3.83. The van der Waals surface area contributed by atoms with Crippen LogP contribution in [-0.4, -0.2) is 69.0 Å². The summed E-state index contributed by atoms with van der Waals surface area (Å²) in [6.07, 6.45) is 1.57. The van der Waals surface area contributed by atoms with Gasteiger partial charge in [0.1, 0.15) is 0 Å². The summed E-state index contributed by atoms with van der Waals surface area (Å²) >= 11 is 1.79. The smallest absolute Gasteiger partial charge is 0.0639 e. The van der Waals surface area contributed by atoms with E-state index in [1.54, 1.807) is 18.4 Å². The highest BCUT2D eigenvalue weighted by atomic mass is 32.1. The summed E-state index contributed by atoms with van der Waals surface area (Å²) in [5, 5.41) is 4.45. The van der Waals surface area contributed by atoms with Gasteiger partial charge in [0.25, 0.3) is 0 Å². The maximum absolute atomic E-state index is 5.76. The van der Waals surface area contributed by atoms with Gasteiger partial charge < -0.3 is 9.47 Å². The Kier molecular flexibility index (Phi) is 5.29. The van der Waals surface area contributed by atoms with E-state index in [9.17, 15) is 0 Å². The molecule has 0 amide bonds. The second kappa shape index (κ2) is 7.20. The number of rotatable bonds is 6. The molecule has 118 valence electrons. The third kappa shape index (κ3) is 3.48. The maximum Gasteiger partial charge on any atom is 0.0639 e. The number of nitrogens with zero attached hydrogens (tertiary/aromatic N) is 2. The zero-order valence-electron chi connectivity index (χ0n) is 13.0. The zero-order valence-corrected chi connectivity index (χ0v) is 13.8. The van der Waals surface area contributed by atoms with E-state index in [2.05, 4.69) is 26.6 Å². The number of methoxy groups -OCH3 is 2. The molecule has 2 aliphatic heterocycles. The van der Waals surface area contributed by atoms with Gasteiger partial charge in [0.15, 0.2) is 0 Å². The van der Waals surface area contributed by atoms with E-state index in [-0.39, 0.29) is 0 Å². The van der Waals surface area contributed by atoms with Crippen LogP contribution in [0.15, 0.2) is 16.8 Å². The molecule has 0 N–H and O–H groups in total. The molecule has 0 bridgehead atoms. The highest BCUT2D eigenvalue weighted by Gasteiger charge is 2.44. The van der Waals surface area contributed by atoms with Gasteiger partial charge in [-0.2, -0.15) is 11.3 Å². The van der Waals surface area contributed by atoms with Crippen molar-refractivity contribution in [2.45, 2.75) is 25.1 Å². The Bertz CT molecular complexity index is 426. The average Bonchev–Trinajstić information content (AvgIpc) is 3.14. The maximum atomic E-state index is 5.76. The largest absolute Gasteiger partial charge is 0.383 e. The lowest BCUT2D eigenvalue weighted by Crippen LogP contribution is -2.50. The highest BCUT2D eigenvalue weighted by molar-refractivity contribution is 7.07. The van der Waals surface area contributed by atoms with Gasteiger partial charge in [-0.25, -0.2) is 0 Å². The van der Waals surface area contributed by atoms with Crippen molar-refractivity contribution >= 4 is 11.3 Å². The first-order chi connectivity index (χ1) is 10.3. The minimum Gasteiger partial charge on any atom is -0.383 e. The third-order valence-electron chi connectivity index (χ3n) is 4.94. The molecular weight excluding hydrogens is 284 g/mol. The summed E-state index contributed by atoms with van der Waals surface area (Å²) in [5.74, 6) is 0.638. The van der Waals surface area contributed by atoms with Crippen LogP contribution >= 0.6 is 11.3 Å². The van der Waals surface area contributed by atoms with Crippen LogP contribution in [0.25, 0.3) is 0 Å². The fourth-order valence-corrected chi connectivity index (χ4v) is 4.49. The van der Waals surface area contributed by atoms with E-state index in [4.69, 9.17) is 9.47 Å². The molecule has 0 spiro atoms. The summed E-state index contributed by atoms with van der Waals surface area (Å²) in [5.41, 5.74) is 1.45. The molecule has 21 heavy (non-hydrogen) atoms. The summed E-state index contributed by atoms with van der Waals surface area (Å²) in [6.45, 7) is 6.38. The van der Waals surface area contributed by atoms with Crippen LogP contribution in [0.1, 0.15) is 12.0 Å². The molecule has 4 nitrogen and oxygen atoms in total. The molecule has 1 aromatic heterocycles. The van der Waals surface area contributed by atoms with Crippen LogP contribution in [0.3, 0.4) is 0 Å². The van der Waals surface area contributed by atoms with Gasteiger partial charge in [-0.1, -0.05) is 0 Å². The Morgan fingerprint density at radius 3 is 2.95 bits per heavy atom. The SMILES string of the molecule is COCCN1C[C@H]2[C@@H](C1)N(Cc1ccsc1)CC[C@H]2OC. The van der Waals surface area contributed by atoms with Crippen molar-refractivity contribution in [1.82, 2.24) is 9.80 Å². The van der Waals surface area contributed by atoms with Crippen LogP contribution in [0.2, 0.25) is 0 Å². The fraction of sp³-hybridized carbons (Fsp3) is 0.750. The van der Waals surface area contributed by atoms with Crippen LogP contribution in [0, 0.1) is 5.92 Å². The van der Waals surface area contributed by atoms with Gasteiger partial charge in [0.2, 0.25) is 0 Å². The zero-order chi connectivity index (χ0) is 14.7. The van der Waals surface area contributed by atoms with Crippen LogP contribution in [0.4, 0.5) is 0 Å². The second-order valence-electron chi connectivity index (χ2n) is 6.15. The Labute approximate surface area is 131 Å². The van der Waals surface area contributed by atoms with Crippen molar-refractivity contribution in [2.75, 3.05) is 47.0 Å². The molecule has 3 atom stereocenters. The molecule has 1 aromatic rings. The predicted octanol–water partition coefficient (Wildman–Crippen LogP) is 1.92. The lowest BCUT2D eigenvalue weighted by atomic mass is 9.89. The van der Waals surface area contributed by atoms with E-state index < -0.39 is 0 Å². The number of fused-ring (bicyclic) bond motifs is 1. The summed E-state index contributed by atoms with van der Waals surface area (Å²) in [7, 11) is 3.65. The Hall–Kier alpha value is -0.460. The summed E-state index contributed by atoms with van der Waals surface area (Å²) in [4.78, 5) is 5.20. The Morgan fingerprint density at radius 1 is 1.33 bits per heavy atom. The average molecular weight is 310 g/mol. The molecule has 0 aliphatic carbocycles. The van der Waals surface area contributed by atoms with Crippen molar-refractivity contribution in [3.8, 4) is 0 Å². The third-order valence-corrected chi connectivity index (χ3v) is 5.67. The monoisotopic (exact) mass is 310 g/mol. The highest BCUT2D eigenvalue weighted by Crippen LogP contribution is 2.33. The summed E-state index contributed by atoms with van der Waals surface area (Å²) < 4.78 is 11.0. The quantitative estimate of drug-likeness (QED) is 0.801. The van der Waals surface area contributed by atoms with Crippen molar-refractivity contribution < 1.29 is 9.47 Å². The topological polar surface area (TPSA) is 24.9 Å². The van der Waals surface area contributed by atoms with Crippen molar-refractivity contribution in [3.63, 3.8) is 0 Å². The molecule has 3 heterocycles. The van der Waals surface area contributed by atoms with E-state index in [0.29, 0.717) is 18.1 Å². The molecule has 2 fully saturated rings. The van der Waals surface area contributed by atoms with Crippen molar-refractivity contribution in [1.29, 1.82) is 0 Å². The van der Waals surface area contributed by atoms with Crippen LogP contribution < -0.4 is 0 Å². The number of piperidine rings is 1. The minimum absolute atomic E-state index is 0.418. The second-order valence-corrected chi connectivity index (χ2v) is 6.93. The molecule has 2 aliphatic rings. The molecule has 0 radical (unpaired) electrons. The van der Waals surface area contributed by atoms with Gasteiger partial charge in [-0.05, 0) is 28.8 Å². The standard InChI is InChI=1S/C16H26N2O2S/c1-19-7-6-17-10-14-15(11-17)18(5-3-16(14)20-2)9-13-4-8-21-12-13/h4,8,12,14-16H,3,5-7,9-11H2,1-2H3/t14-,15+,16+/m0/s1. The molecule has 0 aromatic carbocycles. The molecule has 3 rings (SSSR count). The Morgan fingerprint density at radius 2 is 2.24 bits per heavy atom. The number of hydrogen-bond donors (Lipinski definition) is 0. The Balaban J connectivity index is 1.66.